The minimum absolute atomic E-state index is 0.0305. The van der Waals surface area contributed by atoms with Crippen LogP contribution in [-0.2, 0) is 27.3 Å². The van der Waals surface area contributed by atoms with E-state index in [1.165, 1.54) is 11.0 Å². The lowest BCUT2D eigenvalue weighted by molar-refractivity contribution is -0.134. The van der Waals surface area contributed by atoms with Gasteiger partial charge >= 0.3 is 6.03 Å². The first-order valence-electron chi connectivity index (χ1n) is 13.8. The van der Waals surface area contributed by atoms with Crippen LogP contribution in [0.2, 0.25) is 0 Å². The number of fused-ring (bicyclic) bond motifs is 1. The van der Waals surface area contributed by atoms with Gasteiger partial charge in [-0.3, -0.25) is 14.9 Å². The number of urea groups is 1. The first kappa shape index (κ1) is 30.4. The van der Waals surface area contributed by atoms with Crippen LogP contribution < -0.4 is 16.8 Å². The molecule has 0 unspecified atom stereocenters. The highest BCUT2D eigenvalue weighted by molar-refractivity contribution is 5.95. The van der Waals surface area contributed by atoms with Crippen LogP contribution in [0, 0.1) is 0 Å². The first-order valence-corrected chi connectivity index (χ1v) is 13.8. The van der Waals surface area contributed by atoms with E-state index in [2.05, 4.69) is 10.3 Å². The van der Waals surface area contributed by atoms with Crippen LogP contribution in [-0.4, -0.2) is 71.5 Å². The smallest absolute Gasteiger partial charge is 0.349 e. The summed E-state index contributed by atoms with van der Waals surface area (Å²) in [6.45, 7) is 3.48. The third-order valence-electron chi connectivity index (χ3n) is 6.99. The number of carbonyl (C=O) groups excluding carboxylic acids is 3. The number of Topliss-reactive ketones (excluding diaryl/α,β-unsaturated/α-hetero) is 1. The molecule has 0 aromatic heterocycles. The Balaban J connectivity index is 1.56. The van der Waals surface area contributed by atoms with Crippen molar-refractivity contribution >= 4 is 34.4 Å². The Labute approximate surface area is 246 Å². The lowest BCUT2D eigenvalue weighted by Gasteiger charge is -2.28. The van der Waals surface area contributed by atoms with Gasteiger partial charge in [-0.1, -0.05) is 78.9 Å². The Morgan fingerprint density at radius 3 is 2.38 bits per heavy atom. The van der Waals surface area contributed by atoms with Gasteiger partial charge in [0.05, 0.1) is 18.6 Å². The number of nitrogens with two attached hydrogens (primary N) is 2. The van der Waals surface area contributed by atoms with Crippen molar-refractivity contribution in [2.24, 2.45) is 16.5 Å². The third kappa shape index (κ3) is 8.25. The minimum Gasteiger partial charge on any atom is -0.356 e. The van der Waals surface area contributed by atoms with E-state index in [0.717, 1.165) is 27.0 Å². The average Bonchev–Trinajstić information content (AvgIpc) is 3.47. The molecule has 42 heavy (non-hydrogen) atoms. The van der Waals surface area contributed by atoms with Crippen molar-refractivity contribution in [2.45, 2.75) is 44.3 Å². The summed E-state index contributed by atoms with van der Waals surface area (Å²) in [6, 6.07) is 21.7. The number of aliphatic imine (C=N–C) groups is 1. The third-order valence-corrected chi connectivity index (χ3v) is 6.99. The summed E-state index contributed by atoms with van der Waals surface area (Å²) in [6.07, 6.45) is 3.81. The number of hydrogen-bond donors (Lipinski definition) is 3. The molecule has 0 bridgehead atoms. The molecule has 0 radical (unpaired) electrons. The molecule has 2 atom stereocenters. The van der Waals surface area contributed by atoms with E-state index in [1.54, 1.807) is 27.0 Å². The number of carbonyl (C=O) groups is 3. The van der Waals surface area contributed by atoms with Crippen molar-refractivity contribution in [3.05, 3.63) is 96.1 Å². The highest BCUT2D eigenvalue weighted by atomic mass is 16.7. The van der Waals surface area contributed by atoms with Gasteiger partial charge in [0, 0.05) is 25.1 Å². The fourth-order valence-electron chi connectivity index (χ4n) is 4.64. The molecule has 3 aromatic carbocycles. The molecule has 5 N–H and O–H groups in total. The Morgan fingerprint density at radius 2 is 1.71 bits per heavy atom. The molecule has 0 saturated heterocycles. The highest BCUT2D eigenvalue weighted by Crippen LogP contribution is 2.19. The number of nitrogens with one attached hydrogen (secondary N) is 1. The molecule has 220 valence electrons. The zero-order valence-electron chi connectivity index (χ0n) is 24.2. The van der Waals surface area contributed by atoms with E-state index in [0.29, 0.717) is 12.8 Å². The van der Waals surface area contributed by atoms with Crippen LogP contribution in [0.25, 0.3) is 10.8 Å². The van der Waals surface area contributed by atoms with Gasteiger partial charge in [-0.05, 0) is 42.2 Å². The minimum atomic E-state index is -0.761. The van der Waals surface area contributed by atoms with Gasteiger partial charge in [0.2, 0.25) is 11.8 Å². The van der Waals surface area contributed by atoms with Crippen LogP contribution in [0.4, 0.5) is 4.79 Å². The molecule has 3 amide bonds. The summed E-state index contributed by atoms with van der Waals surface area (Å²) < 4.78 is 0. The molecule has 0 spiro atoms. The molecular formula is C32H38N6O4. The van der Waals surface area contributed by atoms with E-state index >= 15 is 0 Å². The zero-order chi connectivity index (χ0) is 30.3. The van der Waals surface area contributed by atoms with E-state index in [1.807, 2.05) is 72.8 Å². The molecule has 10 nitrogen and oxygen atoms in total. The number of nitrogens with zero attached hydrogens (tertiary/aromatic N) is 3. The second kappa shape index (κ2) is 13.4. The highest BCUT2D eigenvalue weighted by Gasteiger charge is 2.31. The summed E-state index contributed by atoms with van der Waals surface area (Å²) in [5.41, 5.74) is 12.6. The Bertz CT molecular complexity index is 1480. The van der Waals surface area contributed by atoms with E-state index < -0.39 is 23.7 Å². The molecule has 10 heteroatoms. The maximum Gasteiger partial charge on any atom is 0.349 e. The van der Waals surface area contributed by atoms with Crippen molar-refractivity contribution in [3.63, 3.8) is 0 Å². The largest absolute Gasteiger partial charge is 0.356 e. The van der Waals surface area contributed by atoms with Crippen molar-refractivity contribution in [2.75, 3.05) is 20.3 Å². The lowest BCUT2D eigenvalue weighted by Crippen LogP contribution is -2.50. The standard InChI is InChI=1S/C32H38N6O4/c1-32(2,34)16-15-29(40)37(3)27(19-23-13-14-24-11-7-8-12-25(24)17-23)28(39)20-35-26(18-22-9-5-4-6-10-22)30-36-21-38(42-30)31(33)41/h4-17,26-27,35H,18-21,34H2,1-3H3,(H2,33,41)/b16-15+/t26-,27-/m1/s1. The fourth-order valence-corrected chi connectivity index (χ4v) is 4.64. The van der Waals surface area contributed by atoms with Crippen molar-refractivity contribution in [1.82, 2.24) is 15.3 Å². The molecule has 1 aliphatic rings. The Morgan fingerprint density at radius 1 is 1.02 bits per heavy atom. The zero-order valence-corrected chi connectivity index (χ0v) is 24.2. The number of benzene rings is 3. The topological polar surface area (TPSA) is 143 Å². The maximum absolute atomic E-state index is 13.8. The molecule has 1 heterocycles. The van der Waals surface area contributed by atoms with Crippen molar-refractivity contribution in [3.8, 4) is 0 Å². The van der Waals surface area contributed by atoms with E-state index in [-0.39, 0.29) is 30.8 Å². The van der Waals surface area contributed by atoms with Crippen LogP contribution >= 0.6 is 0 Å². The normalized spacial score (nSPS) is 14.9. The fraction of sp³-hybridized carbons (Fsp3) is 0.312. The van der Waals surface area contributed by atoms with Crippen molar-refractivity contribution in [1.29, 1.82) is 0 Å². The monoisotopic (exact) mass is 570 g/mol. The summed E-state index contributed by atoms with van der Waals surface area (Å²) in [5, 5.41) is 6.35. The molecule has 0 aliphatic carbocycles. The summed E-state index contributed by atoms with van der Waals surface area (Å²) in [7, 11) is 1.62. The van der Waals surface area contributed by atoms with Crippen LogP contribution in [0.3, 0.4) is 0 Å². The van der Waals surface area contributed by atoms with Crippen molar-refractivity contribution < 1.29 is 19.2 Å². The van der Waals surface area contributed by atoms with Gasteiger partial charge < -0.3 is 21.2 Å². The average molecular weight is 571 g/mol. The van der Waals surface area contributed by atoms with Gasteiger partial charge in [-0.2, -0.15) is 0 Å². The summed E-state index contributed by atoms with van der Waals surface area (Å²) in [5.74, 6) is -0.258. The number of primary amides is 1. The summed E-state index contributed by atoms with van der Waals surface area (Å²) in [4.78, 5) is 50.0. The van der Waals surface area contributed by atoms with Gasteiger partial charge in [-0.25, -0.2) is 9.79 Å². The second-order valence-corrected chi connectivity index (χ2v) is 11.0. The number of amides is 3. The molecule has 0 fully saturated rings. The summed E-state index contributed by atoms with van der Waals surface area (Å²) >= 11 is 0. The molecule has 3 aromatic rings. The number of rotatable bonds is 12. The second-order valence-electron chi connectivity index (χ2n) is 11.0. The SMILES string of the molecule is CN(C(=O)/C=C/C(C)(C)N)[C@H](Cc1ccc2ccccc2c1)C(=O)CN[C@H](Cc1ccccc1)C1=NCN(C(N)=O)O1. The van der Waals surface area contributed by atoms with E-state index in [9.17, 15) is 14.4 Å². The molecule has 1 aliphatic heterocycles. The van der Waals surface area contributed by atoms with Gasteiger partial charge in [0.15, 0.2) is 12.5 Å². The Hall–Kier alpha value is -4.54. The number of hydroxylamine groups is 2. The molecule has 4 rings (SSSR count). The predicted octanol–water partition coefficient (Wildman–Crippen LogP) is 2.95. The van der Waals surface area contributed by atoms with Gasteiger partial charge in [0.1, 0.15) is 0 Å². The first-order chi connectivity index (χ1) is 20.0. The quantitative estimate of drug-likeness (QED) is 0.286. The van der Waals surface area contributed by atoms with E-state index in [4.69, 9.17) is 16.3 Å². The number of likely N-dealkylation sites (N-methyl/N-ethyl adjacent to an activating group) is 1. The maximum atomic E-state index is 13.8. The molecule has 0 saturated carbocycles. The van der Waals surface area contributed by atoms with Crippen LogP contribution in [0.5, 0.6) is 0 Å². The van der Waals surface area contributed by atoms with Crippen LogP contribution in [0.1, 0.15) is 25.0 Å². The van der Waals surface area contributed by atoms with Crippen LogP contribution in [0.15, 0.2) is 89.9 Å². The predicted molar refractivity (Wildman–Crippen MR) is 163 cm³/mol. The van der Waals surface area contributed by atoms with Gasteiger partial charge in [0.25, 0.3) is 0 Å². The van der Waals surface area contributed by atoms with Gasteiger partial charge in [-0.15, -0.1) is 5.06 Å². The Kier molecular flexibility index (Phi) is 9.72. The number of ketones is 1. The lowest BCUT2D eigenvalue weighted by atomic mass is 9.97. The number of hydrogen-bond acceptors (Lipinski definition) is 7. The molecular weight excluding hydrogens is 532 g/mol.